The summed E-state index contributed by atoms with van der Waals surface area (Å²) in [6.07, 6.45) is 1.75. The number of phenols is 1. The summed E-state index contributed by atoms with van der Waals surface area (Å²) >= 11 is 1.29. The minimum Gasteiger partial charge on any atom is -0.508 e. The molecule has 1 heterocycles. The summed E-state index contributed by atoms with van der Waals surface area (Å²) in [7, 11) is 0. The van der Waals surface area contributed by atoms with Crippen molar-refractivity contribution < 1.29 is 14.6 Å². The van der Waals surface area contributed by atoms with Gasteiger partial charge in [-0.25, -0.2) is 0 Å². The van der Waals surface area contributed by atoms with Crippen molar-refractivity contribution in [1.82, 2.24) is 14.8 Å². The number of hydrogen-bond donors (Lipinski definition) is 1. The predicted octanol–water partition coefficient (Wildman–Crippen LogP) is 4.23. The SMILES string of the molecule is C=CCn1c(SC(C(=O)OCC)c2ccccc2)nnc1-c1ccc(O)cc1. The summed E-state index contributed by atoms with van der Waals surface area (Å²) in [6.45, 7) is 6.38. The van der Waals surface area contributed by atoms with E-state index in [4.69, 9.17) is 4.74 Å². The summed E-state index contributed by atoms with van der Waals surface area (Å²) in [6, 6.07) is 16.2. The van der Waals surface area contributed by atoms with Crippen molar-refractivity contribution in [1.29, 1.82) is 0 Å². The lowest BCUT2D eigenvalue weighted by molar-refractivity contribution is -0.142. The molecule has 28 heavy (non-hydrogen) atoms. The lowest BCUT2D eigenvalue weighted by Gasteiger charge is -2.16. The van der Waals surface area contributed by atoms with Gasteiger partial charge in [-0.15, -0.1) is 16.8 Å². The first-order valence-electron chi connectivity index (χ1n) is 8.85. The molecule has 0 bridgehead atoms. The summed E-state index contributed by atoms with van der Waals surface area (Å²) in [5.74, 6) is 0.496. The smallest absolute Gasteiger partial charge is 0.324 e. The number of thioether (sulfide) groups is 1. The van der Waals surface area contributed by atoms with Gasteiger partial charge in [-0.1, -0.05) is 48.2 Å². The van der Waals surface area contributed by atoms with Gasteiger partial charge >= 0.3 is 5.97 Å². The number of ether oxygens (including phenoxy) is 1. The van der Waals surface area contributed by atoms with Gasteiger partial charge in [0.25, 0.3) is 0 Å². The van der Waals surface area contributed by atoms with Crippen molar-refractivity contribution in [2.75, 3.05) is 6.61 Å². The molecule has 1 N–H and O–H groups in total. The lowest BCUT2D eigenvalue weighted by Crippen LogP contribution is -2.14. The Hall–Kier alpha value is -3.06. The highest BCUT2D eigenvalue weighted by Gasteiger charge is 2.26. The van der Waals surface area contributed by atoms with Crippen LogP contribution in [0.4, 0.5) is 0 Å². The fourth-order valence-electron chi connectivity index (χ4n) is 2.70. The van der Waals surface area contributed by atoms with Crippen LogP contribution >= 0.6 is 11.8 Å². The van der Waals surface area contributed by atoms with Gasteiger partial charge in [-0.2, -0.15) is 0 Å². The molecular formula is C21H21N3O3S. The molecular weight excluding hydrogens is 374 g/mol. The number of allylic oxidation sites excluding steroid dienone is 1. The standard InChI is InChI=1S/C21H21N3O3S/c1-3-14-24-19(16-10-12-17(25)13-11-16)22-23-21(24)28-18(20(26)27-4-2)15-8-6-5-7-9-15/h3,5-13,18,25H,1,4,14H2,2H3. The van der Waals surface area contributed by atoms with Crippen molar-refractivity contribution in [2.45, 2.75) is 23.9 Å². The zero-order valence-electron chi connectivity index (χ0n) is 15.5. The molecule has 0 fully saturated rings. The molecule has 6 nitrogen and oxygen atoms in total. The van der Waals surface area contributed by atoms with E-state index >= 15 is 0 Å². The molecule has 3 aromatic rings. The first-order chi connectivity index (χ1) is 13.6. The van der Waals surface area contributed by atoms with Crippen molar-refractivity contribution in [3.63, 3.8) is 0 Å². The Labute approximate surface area is 167 Å². The van der Waals surface area contributed by atoms with E-state index in [0.717, 1.165) is 11.1 Å². The molecule has 7 heteroatoms. The van der Waals surface area contributed by atoms with Gasteiger partial charge in [0.2, 0.25) is 0 Å². The van der Waals surface area contributed by atoms with E-state index in [1.807, 2.05) is 34.9 Å². The van der Waals surface area contributed by atoms with Gasteiger partial charge in [0, 0.05) is 12.1 Å². The zero-order valence-corrected chi connectivity index (χ0v) is 16.3. The second-order valence-electron chi connectivity index (χ2n) is 5.91. The highest BCUT2D eigenvalue weighted by atomic mass is 32.2. The lowest BCUT2D eigenvalue weighted by atomic mass is 10.1. The Balaban J connectivity index is 1.98. The molecule has 0 saturated carbocycles. The molecule has 1 unspecified atom stereocenters. The number of aromatic nitrogens is 3. The first kappa shape index (κ1) is 19.7. The minimum absolute atomic E-state index is 0.180. The molecule has 2 aromatic carbocycles. The second kappa shape index (κ2) is 9.23. The zero-order chi connectivity index (χ0) is 19.9. The van der Waals surface area contributed by atoms with Crippen LogP contribution in [0.5, 0.6) is 5.75 Å². The quantitative estimate of drug-likeness (QED) is 0.349. The normalized spacial score (nSPS) is 11.8. The van der Waals surface area contributed by atoms with E-state index in [1.54, 1.807) is 37.3 Å². The van der Waals surface area contributed by atoms with Crippen molar-refractivity contribution >= 4 is 17.7 Å². The third-order valence-electron chi connectivity index (χ3n) is 3.98. The Kier molecular flexibility index (Phi) is 6.49. The van der Waals surface area contributed by atoms with Crippen LogP contribution < -0.4 is 0 Å². The van der Waals surface area contributed by atoms with Gasteiger partial charge in [-0.3, -0.25) is 9.36 Å². The van der Waals surface area contributed by atoms with Crippen LogP contribution in [0.2, 0.25) is 0 Å². The number of rotatable bonds is 8. The highest BCUT2D eigenvalue weighted by molar-refractivity contribution is 8.00. The molecule has 1 aromatic heterocycles. The molecule has 0 aliphatic carbocycles. The van der Waals surface area contributed by atoms with Crippen molar-refractivity contribution in [3.8, 4) is 17.1 Å². The van der Waals surface area contributed by atoms with Crippen LogP contribution in [0.1, 0.15) is 17.7 Å². The van der Waals surface area contributed by atoms with Crippen LogP contribution in [0.15, 0.2) is 72.4 Å². The Bertz CT molecular complexity index is 939. The van der Waals surface area contributed by atoms with Crippen molar-refractivity contribution in [2.24, 2.45) is 0 Å². The maximum atomic E-state index is 12.6. The highest BCUT2D eigenvalue weighted by Crippen LogP contribution is 2.37. The van der Waals surface area contributed by atoms with E-state index in [9.17, 15) is 9.90 Å². The molecule has 0 radical (unpaired) electrons. The van der Waals surface area contributed by atoms with Crippen LogP contribution in [-0.2, 0) is 16.1 Å². The molecule has 144 valence electrons. The molecule has 3 rings (SSSR count). The number of carbonyl (C=O) groups excluding carboxylic acids is 1. The summed E-state index contributed by atoms with van der Waals surface area (Å²) in [4.78, 5) is 12.6. The number of hydrogen-bond acceptors (Lipinski definition) is 6. The molecule has 0 aliphatic heterocycles. The predicted molar refractivity (Wildman–Crippen MR) is 109 cm³/mol. The van der Waals surface area contributed by atoms with E-state index in [0.29, 0.717) is 24.1 Å². The van der Waals surface area contributed by atoms with Crippen LogP contribution in [0, 0.1) is 0 Å². The van der Waals surface area contributed by atoms with E-state index < -0.39 is 5.25 Å². The molecule has 0 amide bonds. The topological polar surface area (TPSA) is 77.2 Å². The largest absolute Gasteiger partial charge is 0.508 e. The minimum atomic E-state index is -0.554. The maximum absolute atomic E-state index is 12.6. The number of esters is 1. The van der Waals surface area contributed by atoms with Gasteiger partial charge in [-0.05, 0) is 36.8 Å². The number of carbonyl (C=O) groups is 1. The average molecular weight is 395 g/mol. The van der Waals surface area contributed by atoms with Crippen molar-refractivity contribution in [3.05, 3.63) is 72.8 Å². The van der Waals surface area contributed by atoms with Gasteiger partial charge < -0.3 is 9.84 Å². The number of aromatic hydroxyl groups is 1. The van der Waals surface area contributed by atoms with E-state index in [-0.39, 0.29) is 11.7 Å². The second-order valence-corrected chi connectivity index (χ2v) is 6.99. The molecule has 0 saturated heterocycles. The van der Waals surface area contributed by atoms with Crippen LogP contribution in [0.3, 0.4) is 0 Å². The number of benzene rings is 2. The summed E-state index contributed by atoms with van der Waals surface area (Å²) < 4.78 is 7.16. The van der Waals surface area contributed by atoms with Gasteiger partial charge in [0.05, 0.1) is 6.61 Å². The monoisotopic (exact) mass is 395 g/mol. The van der Waals surface area contributed by atoms with Crippen LogP contribution in [0.25, 0.3) is 11.4 Å². The number of nitrogens with zero attached hydrogens (tertiary/aromatic N) is 3. The Morgan fingerprint density at radius 1 is 1.21 bits per heavy atom. The molecule has 1 atom stereocenters. The van der Waals surface area contributed by atoms with E-state index in [1.165, 1.54) is 11.8 Å². The molecule has 0 aliphatic rings. The number of phenolic OH excluding ortho intramolecular Hbond substituents is 1. The van der Waals surface area contributed by atoms with Gasteiger partial charge in [0.1, 0.15) is 11.0 Å². The Morgan fingerprint density at radius 3 is 2.57 bits per heavy atom. The fraction of sp³-hybridized carbons (Fsp3) is 0.190. The summed E-state index contributed by atoms with van der Waals surface area (Å²) in [5.41, 5.74) is 1.65. The summed E-state index contributed by atoms with van der Waals surface area (Å²) in [5, 5.41) is 18.2. The van der Waals surface area contributed by atoms with Gasteiger partial charge in [0.15, 0.2) is 11.0 Å². The Morgan fingerprint density at radius 2 is 1.93 bits per heavy atom. The first-order valence-corrected chi connectivity index (χ1v) is 9.73. The van der Waals surface area contributed by atoms with E-state index in [2.05, 4.69) is 16.8 Å². The molecule has 0 spiro atoms. The fourth-order valence-corrected chi connectivity index (χ4v) is 3.74. The average Bonchev–Trinajstić information content (AvgIpc) is 3.10. The maximum Gasteiger partial charge on any atom is 0.324 e. The third-order valence-corrected chi connectivity index (χ3v) is 5.19. The van der Waals surface area contributed by atoms with Crippen LogP contribution in [-0.4, -0.2) is 32.4 Å². The third kappa shape index (κ3) is 4.43.